The fourth-order valence-electron chi connectivity index (χ4n) is 1.01. The molecule has 0 bridgehead atoms. The summed E-state index contributed by atoms with van der Waals surface area (Å²) in [6.45, 7) is 5.00. The number of rotatable bonds is 4. The summed E-state index contributed by atoms with van der Waals surface area (Å²) in [5.41, 5.74) is 4.47. The van der Waals surface area contributed by atoms with Gasteiger partial charge in [-0.15, -0.1) is 6.58 Å². The molecule has 0 aliphatic heterocycles. The van der Waals surface area contributed by atoms with E-state index >= 15 is 0 Å². The molecule has 74 valence electrons. The van der Waals surface area contributed by atoms with E-state index in [9.17, 15) is 4.79 Å². The van der Waals surface area contributed by atoms with E-state index in [-0.39, 0.29) is 5.97 Å². The van der Waals surface area contributed by atoms with Gasteiger partial charge in [0.15, 0.2) is 0 Å². The first-order chi connectivity index (χ1) is 6.72. The van der Waals surface area contributed by atoms with Crippen LogP contribution in [0.1, 0.15) is 12.5 Å². The molecule has 0 radical (unpaired) electrons. The van der Waals surface area contributed by atoms with E-state index in [2.05, 4.69) is 16.9 Å². The van der Waals surface area contributed by atoms with Gasteiger partial charge in [0.25, 0.3) is 0 Å². The summed E-state index contributed by atoms with van der Waals surface area (Å²) in [5, 5.41) is 0. The first kappa shape index (κ1) is 10.3. The molecule has 1 rings (SSSR count). The fraction of sp³-hybridized carbons (Fsp3) is 0.182. The zero-order chi connectivity index (χ0) is 10.4. The number of carbonyl (C=O) groups excluding carboxylic acids is 1. The van der Waals surface area contributed by atoms with Crippen molar-refractivity contribution in [3.8, 4) is 0 Å². The second kappa shape index (κ2) is 5.07. The Morgan fingerprint density at radius 3 is 2.64 bits per heavy atom. The number of anilines is 1. The van der Waals surface area contributed by atoms with Gasteiger partial charge in [0.1, 0.15) is 0 Å². The first-order valence-electron chi connectivity index (χ1n) is 4.35. The number of benzene rings is 1. The van der Waals surface area contributed by atoms with E-state index < -0.39 is 0 Å². The van der Waals surface area contributed by atoms with Crippen molar-refractivity contribution in [3.05, 3.63) is 42.5 Å². The van der Waals surface area contributed by atoms with E-state index in [0.717, 1.165) is 12.1 Å². The second-order valence-electron chi connectivity index (χ2n) is 2.89. The smallest absolute Gasteiger partial charge is 0.329 e. The minimum atomic E-state index is -0.361. The highest BCUT2D eigenvalue weighted by Gasteiger charge is 1.94. The third-order valence-corrected chi connectivity index (χ3v) is 1.65. The third-order valence-electron chi connectivity index (χ3n) is 1.65. The fourth-order valence-corrected chi connectivity index (χ4v) is 1.01. The van der Waals surface area contributed by atoms with E-state index in [1.165, 1.54) is 12.5 Å². The molecule has 1 N–H and O–H groups in total. The highest BCUT2D eigenvalue weighted by molar-refractivity contribution is 5.67. The highest BCUT2D eigenvalue weighted by Crippen LogP contribution is 2.10. The molecule has 0 saturated carbocycles. The van der Waals surface area contributed by atoms with Gasteiger partial charge in [0, 0.05) is 6.92 Å². The molecule has 0 unspecified atom stereocenters. The minimum Gasteiger partial charge on any atom is -0.344 e. The van der Waals surface area contributed by atoms with Gasteiger partial charge < -0.3 is 4.84 Å². The van der Waals surface area contributed by atoms with Crippen LogP contribution in [0.4, 0.5) is 5.69 Å². The van der Waals surface area contributed by atoms with Crippen LogP contribution in [0.5, 0.6) is 0 Å². The molecule has 0 fully saturated rings. The zero-order valence-corrected chi connectivity index (χ0v) is 8.12. The second-order valence-corrected chi connectivity index (χ2v) is 2.89. The molecular formula is C11H13NO2. The summed E-state index contributed by atoms with van der Waals surface area (Å²) in [7, 11) is 0. The zero-order valence-electron chi connectivity index (χ0n) is 8.12. The van der Waals surface area contributed by atoms with E-state index in [0.29, 0.717) is 0 Å². The van der Waals surface area contributed by atoms with E-state index in [1.807, 2.05) is 30.3 Å². The quantitative estimate of drug-likeness (QED) is 0.586. The lowest BCUT2D eigenvalue weighted by molar-refractivity contribution is -0.138. The topological polar surface area (TPSA) is 38.3 Å². The Bertz CT molecular complexity index is 317. The Kier molecular flexibility index (Phi) is 3.73. The van der Waals surface area contributed by atoms with E-state index in [4.69, 9.17) is 0 Å². The molecule has 0 saturated heterocycles. The van der Waals surface area contributed by atoms with Crippen LogP contribution >= 0.6 is 0 Å². The van der Waals surface area contributed by atoms with Crippen molar-refractivity contribution in [1.29, 1.82) is 0 Å². The maximum Gasteiger partial charge on any atom is 0.329 e. The van der Waals surface area contributed by atoms with Crippen LogP contribution in [0, 0.1) is 0 Å². The summed E-state index contributed by atoms with van der Waals surface area (Å²) in [4.78, 5) is 15.1. The molecule has 1 aromatic carbocycles. The van der Waals surface area contributed by atoms with Crippen LogP contribution in [0.15, 0.2) is 36.9 Å². The summed E-state index contributed by atoms with van der Waals surface area (Å²) >= 11 is 0. The largest absolute Gasteiger partial charge is 0.344 e. The van der Waals surface area contributed by atoms with Crippen molar-refractivity contribution in [2.24, 2.45) is 0 Å². The van der Waals surface area contributed by atoms with Crippen LogP contribution in [0.3, 0.4) is 0 Å². The Labute approximate surface area is 83.3 Å². The molecule has 0 amide bonds. The van der Waals surface area contributed by atoms with Gasteiger partial charge in [-0.05, 0) is 24.1 Å². The molecule has 3 heteroatoms. The lowest BCUT2D eigenvalue weighted by atomic mass is 10.1. The van der Waals surface area contributed by atoms with Crippen LogP contribution in [-0.2, 0) is 16.1 Å². The first-order valence-corrected chi connectivity index (χ1v) is 4.35. The highest BCUT2D eigenvalue weighted by atomic mass is 16.7. The SMILES string of the molecule is C=CCc1ccc(NOC(C)=O)cc1. The van der Waals surface area contributed by atoms with Crippen molar-refractivity contribution in [2.75, 3.05) is 5.48 Å². The Hall–Kier alpha value is -1.77. The molecule has 0 heterocycles. The maximum absolute atomic E-state index is 10.5. The number of hydrogen-bond acceptors (Lipinski definition) is 3. The summed E-state index contributed by atoms with van der Waals surface area (Å²) < 4.78 is 0. The Balaban J connectivity index is 2.54. The standard InChI is InChI=1S/C11H13NO2/c1-3-4-10-5-7-11(8-6-10)12-14-9(2)13/h3,5-8,12H,1,4H2,2H3. The number of allylic oxidation sites excluding steroid dienone is 1. The monoisotopic (exact) mass is 191 g/mol. The maximum atomic E-state index is 10.5. The number of carbonyl (C=O) groups is 1. The molecular weight excluding hydrogens is 178 g/mol. The molecule has 14 heavy (non-hydrogen) atoms. The summed E-state index contributed by atoms with van der Waals surface area (Å²) in [6, 6.07) is 7.60. The summed E-state index contributed by atoms with van der Waals surface area (Å²) in [6.07, 6.45) is 2.68. The lowest BCUT2D eigenvalue weighted by Gasteiger charge is -2.04. The van der Waals surface area contributed by atoms with Gasteiger partial charge in [-0.1, -0.05) is 18.2 Å². The van der Waals surface area contributed by atoms with Crippen molar-refractivity contribution in [1.82, 2.24) is 0 Å². The molecule has 0 atom stereocenters. The molecule has 0 aliphatic carbocycles. The predicted molar refractivity (Wildman–Crippen MR) is 55.7 cm³/mol. The average Bonchev–Trinajstić information content (AvgIpc) is 2.17. The molecule has 1 aromatic rings. The van der Waals surface area contributed by atoms with Gasteiger partial charge in [0.2, 0.25) is 0 Å². The van der Waals surface area contributed by atoms with Crippen molar-refractivity contribution in [3.63, 3.8) is 0 Å². The lowest BCUT2D eigenvalue weighted by Crippen LogP contribution is -2.05. The number of hydrogen-bond donors (Lipinski definition) is 1. The van der Waals surface area contributed by atoms with Crippen LogP contribution in [-0.4, -0.2) is 5.97 Å². The predicted octanol–water partition coefficient (Wildman–Crippen LogP) is 2.31. The van der Waals surface area contributed by atoms with Crippen molar-refractivity contribution < 1.29 is 9.63 Å². The molecule has 3 nitrogen and oxygen atoms in total. The van der Waals surface area contributed by atoms with Crippen molar-refractivity contribution >= 4 is 11.7 Å². The van der Waals surface area contributed by atoms with Crippen molar-refractivity contribution in [2.45, 2.75) is 13.3 Å². The van der Waals surface area contributed by atoms with Gasteiger partial charge in [-0.2, -0.15) is 0 Å². The molecule has 0 aliphatic rings. The minimum absolute atomic E-state index is 0.361. The normalized spacial score (nSPS) is 9.21. The van der Waals surface area contributed by atoms with Crippen LogP contribution < -0.4 is 5.48 Å². The molecule has 0 spiro atoms. The van der Waals surface area contributed by atoms with Crippen LogP contribution in [0.25, 0.3) is 0 Å². The summed E-state index contributed by atoms with van der Waals surface area (Å²) in [5.74, 6) is -0.361. The number of nitrogens with one attached hydrogen (secondary N) is 1. The van der Waals surface area contributed by atoms with Gasteiger partial charge >= 0.3 is 5.97 Å². The Morgan fingerprint density at radius 1 is 1.50 bits per heavy atom. The third kappa shape index (κ3) is 3.31. The van der Waals surface area contributed by atoms with Gasteiger partial charge in [-0.3, -0.25) is 4.79 Å². The van der Waals surface area contributed by atoms with Gasteiger partial charge in [0.05, 0.1) is 5.69 Å². The average molecular weight is 191 g/mol. The van der Waals surface area contributed by atoms with Gasteiger partial charge in [-0.25, -0.2) is 5.48 Å². The van der Waals surface area contributed by atoms with E-state index in [1.54, 1.807) is 0 Å². The van der Waals surface area contributed by atoms with Crippen LogP contribution in [0.2, 0.25) is 0 Å². The Morgan fingerprint density at radius 2 is 2.14 bits per heavy atom. The molecule has 0 aromatic heterocycles.